The molecule has 0 aromatic heterocycles. The minimum absolute atomic E-state index is 0.368. The zero-order valence-corrected chi connectivity index (χ0v) is 11.1. The molecule has 0 atom stereocenters. The molecule has 1 aliphatic heterocycles. The van der Waals surface area contributed by atoms with Crippen LogP contribution in [0.25, 0.3) is 0 Å². The van der Waals surface area contributed by atoms with Gasteiger partial charge >= 0.3 is 0 Å². The molecule has 0 radical (unpaired) electrons. The van der Waals surface area contributed by atoms with E-state index in [4.69, 9.17) is 10.00 Å². The third-order valence-corrected chi connectivity index (χ3v) is 4.48. The lowest BCUT2D eigenvalue weighted by molar-refractivity contribution is -0.0861. The van der Waals surface area contributed by atoms with Crippen LogP contribution in [-0.2, 0) is 10.5 Å². The van der Waals surface area contributed by atoms with Gasteiger partial charge in [-0.15, -0.1) is 0 Å². The average Bonchev–Trinajstić information content (AvgIpc) is 2.29. The molecule has 3 heteroatoms. The van der Waals surface area contributed by atoms with E-state index in [0.29, 0.717) is 5.41 Å². The number of hydrogen-bond acceptors (Lipinski definition) is 3. The van der Waals surface area contributed by atoms with Gasteiger partial charge in [-0.05, 0) is 24.1 Å². The van der Waals surface area contributed by atoms with E-state index in [1.807, 2.05) is 30.8 Å². The first kappa shape index (κ1) is 12.5. The second-order valence-electron chi connectivity index (χ2n) is 5.06. The summed E-state index contributed by atoms with van der Waals surface area (Å²) in [6, 6.07) is 8.38. The summed E-state index contributed by atoms with van der Waals surface area (Å²) in [5, 5.41) is 8.97. The van der Waals surface area contributed by atoms with Gasteiger partial charge in [-0.2, -0.15) is 17.0 Å². The normalized spacial score (nSPS) is 17.2. The molecule has 0 saturated carbocycles. The Bertz CT molecular complexity index is 446. The van der Waals surface area contributed by atoms with Crippen molar-refractivity contribution in [2.75, 3.05) is 19.0 Å². The quantitative estimate of drug-likeness (QED) is 0.819. The van der Waals surface area contributed by atoms with E-state index < -0.39 is 0 Å². The first-order valence-corrected chi connectivity index (χ1v) is 6.94. The van der Waals surface area contributed by atoms with E-state index in [1.165, 1.54) is 5.56 Å². The second kappa shape index (κ2) is 5.12. The van der Waals surface area contributed by atoms with Crippen LogP contribution in [-0.4, -0.2) is 19.0 Å². The summed E-state index contributed by atoms with van der Waals surface area (Å²) in [5.41, 5.74) is 3.45. The van der Waals surface area contributed by atoms with Gasteiger partial charge in [-0.3, -0.25) is 0 Å². The van der Waals surface area contributed by atoms with Crippen LogP contribution in [0.3, 0.4) is 0 Å². The van der Waals surface area contributed by atoms with Crippen molar-refractivity contribution in [3.63, 3.8) is 0 Å². The van der Waals surface area contributed by atoms with Gasteiger partial charge in [0.1, 0.15) is 0 Å². The Morgan fingerprint density at radius 2 is 2.24 bits per heavy atom. The van der Waals surface area contributed by atoms with Crippen molar-refractivity contribution in [2.24, 2.45) is 5.41 Å². The predicted octanol–water partition coefficient (Wildman–Crippen LogP) is 3.14. The molecule has 2 rings (SSSR count). The van der Waals surface area contributed by atoms with Crippen molar-refractivity contribution in [3.05, 3.63) is 34.9 Å². The van der Waals surface area contributed by atoms with Crippen LogP contribution < -0.4 is 0 Å². The van der Waals surface area contributed by atoms with Gasteiger partial charge < -0.3 is 4.74 Å². The topological polar surface area (TPSA) is 33.0 Å². The van der Waals surface area contributed by atoms with E-state index in [2.05, 4.69) is 19.1 Å². The third kappa shape index (κ3) is 3.02. The predicted molar refractivity (Wildman–Crippen MR) is 71.0 cm³/mol. The van der Waals surface area contributed by atoms with Crippen LogP contribution >= 0.6 is 11.8 Å². The molecule has 90 valence electrons. The molecular formula is C14H17NOS. The maximum atomic E-state index is 8.97. The van der Waals surface area contributed by atoms with E-state index in [9.17, 15) is 0 Å². The fraction of sp³-hybridized carbons (Fsp3) is 0.500. The number of thioether (sulfide) groups is 1. The summed E-state index contributed by atoms with van der Waals surface area (Å²) in [5.74, 6) is 2.10. The van der Waals surface area contributed by atoms with Gasteiger partial charge in [0, 0.05) is 16.9 Å². The van der Waals surface area contributed by atoms with Crippen molar-refractivity contribution in [1.29, 1.82) is 5.26 Å². The lowest BCUT2D eigenvalue weighted by atomic mass is 9.92. The number of ether oxygens (including phenoxy) is 1. The molecule has 1 aliphatic rings. The van der Waals surface area contributed by atoms with E-state index in [-0.39, 0.29) is 0 Å². The maximum absolute atomic E-state index is 8.97. The number of hydrogen-bond donors (Lipinski definition) is 0. The number of aryl methyl sites for hydroxylation is 1. The molecule has 0 amide bonds. The van der Waals surface area contributed by atoms with Crippen molar-refractivity contribution >= 4 is 11.8 Å². The van der Waals surface area contributed by atoms with Crippen molar-refractivity contribution in [3.8, 4) is 6.07 Å². The van der Waals surface area contributed by atoms with Crippen LogP contribution in [0.2, 0.25) is 0 Å². The Kier molecular flexibility index (Phi) is 3.76. The van der Waals surface area contributed by atoms with Crippen LogP contribution in [0, 0.1) is 23.7 Å². The summed E-state index contributed by atoms with van der Waals surface area (Å²) >= 11 is 1.92. The monoisotopic (exact) mass is 247 g/mol. The largest absolute Gasteiger partial charge is 0.380 e. The fourth-order valence-electron chi connectivity index (χ4n) is 1.83. The molecule has 1 aromatic carbocycles. The minimum Gasteiger partial charge on any atom is -0.380 e. The standard InChI is InChI=1S/C14H17NOS/c1-11-3-4-12(5-13(11)6-15)7-17-10-14(2)8-16-9-14/h3-5H,7-10H2,1-2H3. The molecule has 2 nitrogen and oxygen atoms in total. The van der Waals surface area contributed by atoms with Crippen molar-refractivity contribution in [2.45, 2.75) is 19.6 Å². The first-order chi connectivity index (χ1) is 8.13. The molecular weight excluding hydrogens is 230 g/mol. The molecule has 1 fully saturated rings. The van der Waals surface area contributed by atoms with Crippen molar-refractivity contribution in [1.82, 2.24) is 0 Å². The first-order valence-electron chi connectivity index (χ1n) is 5.78. The van der Waals surface area contributed by atoms with Crippen LogP contribution in [0.1, 0.15) is 23.6 Å². The van der Waals surface area contributed by atoms with Gasteiger partial charge in [-0.1, -0.05) is 19.1 Å². The summed E-state index contributed by atoms with van der Waals surface area (Å²) in [4.78, 5) is 0. The lowest BCUT2D eigenvalue weighted by Crippen LogP contribution is -2.41. The average molecular weight is 247 g/mol. The highest BCUT2D eigenvalue weighted by Crippen LogP contribution is 2.32. The van der Waals surface area contributed by atoms with Gasteiger partial charge in [0.15, 0.2) is 0 Å². The van der Waals surface area contributed by atoms with Crippen molar-refractivity contribution < 1.29 is 4.74 Å². The smallest absolute Gasteiger partial charge is 0.0994 e. The number of nitriles is 1. The molecule has 0 unspecified atom stereocenters. The van der Waals surface area contributed by atoms with Gasteiger partial charge in [0.2, 0.25) is 0 Å². The van der Waals surface area contributed by atoms with Gasteiger partial charge in [0.25, 0.3) is 0 Å². The van der Waals surface area contributed by atoms with E-state index in [0.717, 1.165) is 35.8 Å². The van der Waals surface area contributed by atoms with Gasteiger partial charge in [-0.25, -0.2) is 0 Å². The Labute approximate surface area is 107 Å². The molecule has 0 N–H and O–H groups in total. The summed E-state index contributed by atoms with van der Waals surface area (Å²) in [6.45, 7) is 6.01. The highest BCUT2D eigenvalue weighted by Gasteiger charge is 2.32. The van der Waals surface area contributed by atoms with E-state index in [1.54, 1.807) is 0 Å². The Morgan fingerprint density at radius 1 is 1.47 bits per heavy atom. The Morgan fingerprint density at radius 3 is 2.82 bits per heavy atom. The van der Waals surface area contributed by atoms with E-state index >= 15 is 0 Å². The second-order valence-corrected chi connectivity index (χ2v) is 6.04. The highest BCUT2D eigenvalue weighted by atomic mass is 32.2. The number of nitrogens with zero attached hydrogens (tertiary/aromatic N) is 1. The minimum atomic E-state index is 0.368. The molecule has 1 saturated heterocycles. The molecule has 0 spiro atoms. The third-order valence-electron chi connectivity index (χ3n) is 3.04. The van der Waals surface area contributed by atoms with Gasteiger partial charge in [0.05, 0.1) is 24.8 Å². The Hall–Kier alpha value is -0.980. The summed E-state index contributed by atoms with van der Waals surface area (Å²) < 4.78 is 5.24. The molecule has 17 heavy (non-hydrogen) atoms. The highest BCUT2D eigenvalue weighted by molar-refractivity contribution is 7.98. The SMILES string of the molecule is Cc1ccc(CSCC2(C)COC2)cc1C#N. The number of benzene rings is 1. The number of rotatable bonds is 4. The molecule has 0 bridgehead atoms. The zero-order chi connectivity index (χ0) is 12.3. The zero-order valence-electron chi connectivity index (χ0n) is 10.3. The summed E-state index contributed by atoms with van der Waals surface area (Å²) in [6.07, 6.45) is 0. The maximum Gasteiger partial charge on any atom is 0.0994 e. The fourth-order valence-corrected chi connectivity index (χ4v) is 3.01. The van der Waals surface area contributed by atoms with Crippen LogP contribution in [0.15, 0.2) is 18.2 Å². The molecule has 0 aliphatic carbocycles. The Balaban J connectivity index is 1.89. The van der Waals surface area contributed by atoms with Crippen LogP contribution in [0.4, 0.5) is 0 Å². The summed E-state index contributed by atoms with van der Waals surface area (Å²) in [7, 11) is 0. The van der Waals surface area contributed by atoms with Crippen LogP contribution in [0.5, 0.6) is 0 Å². The molecule has 1 aromatic rings. The lowest BCUT2D eigenvalue weighted by Gasteiger charge is -2.37. The molecule has 1 heterocycles.